The summed E-state index contributed by atoms with van der Waals surface area (Å²) in [5, 5.41) is 1.94. The number of carbonyl (C=O) groups is 2. The molecule has 4 nitrogen and oxygen atoms in total. The van der Waals surface area contributed by atoms with Crippen molar-refractivity contribution < 1.29 is 9.59 Å². The number of thiophene rings is 1. The first-order valence-corrected chi connectivity index (χ1v) is 12.3. The van der Waals surface area contributed by atoms with Crippen LogP contribution in [0.3, 0.4) is 0 Å². The number of anilines is 2. The second-order valence-corrected chi connectivity index (χ2v) is 9.55. The molecule has 1 saturated heterocycles. The summed E-state index contributed by atoms with van der Waals surface area (Å²) in [6.07, 6.45) is 2.42. The van der Waals surface area contributed by atoms with Crippen LogP contribution in [0.1, 0.15) is 23.3 Å². The van der Waals surface area contributed by atoms with Gasteiger partial charge in [-0.05, 0) is 54.1 Å². The molecular formula is C25H22N2O2S2. The molecule has 0 saturated carbocycles. The Morgan fingerprint density at radius 1 is 0.806 bits per heavy atom. The van der Waals surface area contributed by atoms with Gasteiger partial charge in [0.2, 0.25) is 0 Å². The zero-order chi connectivity index (χ0) is 21.2. The molecule has 0 N–H and O–H groups in total. The molecule has 3 aromatic rings. The van der Waals surface area contributed by atoms with Crippen molar-refractivity contribution in [2.24, 2.45) is 0 Å². The smallest absolute Gasteiger partial charge is 0.272 e. The van der Waals surface area contributed by atoms with E-state index in [9.17, 15) is 9.59 Å². The maximum absolute atomic E-state index is 13.4. The first-order chi connectivity index (χ1) is 15.2. The van der Waals surface area contributed by atoms with Crippen molar-refractivity contribution in [3.05, 3.63) is 87.5 Å². The molecule has 0 unspecified atom stereocenters. The fourth-order valence-corrected chi connectivity index (χ4v) is 5.93. The van der Waals surface area contributed by atoms with Crippen LogP contribution >= 0.6 is 23.1 Å². The Balaban J connectivity index is 1.44. The average Bonchev–Trinajstić information content (AvgIpc) is 3.55. The van der Waals surface area contributed by atoms with Crippen LogP contribution in [0.4, 0.5) is 11.4 Å². The molecular weight excluding hydrogens is 424 g/mol. The van der Waals surface area contributed by atoms with E-state index in [1.807, 2.05) is 72.1 Å². The van der Waals surface area contributed by atoms with Crippen molar-refractivity contribution in [2.45, 2.75) is 18.6 Å². The lowest BCUT2D eigenvalue weighted by molar-refractivity contribution is -0.119. The Bertz CT molecular complexity index is 1120. The van der Waals surface area contributed by atoms with Gasteiger partial charge in [0.05, 0.1) is 16.2 Å². The highest BCUT2D eigenvalue weighted by molar-refractivity contribution is 8.03. The zero-order valence-electron chi connectivity index (χ0n) is 17.0. The highest BCUT2D eigenvalue weighted by atomic mass is 32.2. The third-order valence-corrected chi connectivity index (χ3v) is 7.65. The number of amides is 2. The number of carbonyl (C=O) groups excluding carboxylic acids is 2. The third-order valence-electron chi connectivity index (χ3n) is 5.61. The quantitative estimate of drug-likeness (QED) is 0.465. The van der Waals surface area contributed by atoms with Crippen LogP contribution in [0.15, 0.2) is 77.0 Å². The number of benzene rings is 2. The van der Waals surface area contributed by atoms with Crippen molar-refractivity contribution in [1.29, 1.82) is 0 Å². The van der Waals surface area contributed by atoms with Crippen LogP contribution in [0, 0.1) is 0 Å². The lowest BCUT2D eigenvalue weighted by Gasteiger charge is -2.20. The largest absolute Gasteiger partial charge is 0.372 e. The van der Waals surface area contributed by atoms with Gasteiger partial charge in [-0.3, -0.25) is 9.59 Å². The second kappa shape index (κ2) is 8.73. The zero-order valence-corrected chi connectivity index (χ0v) is 18.6. The summed E-state index contributed by atoms with van der Waals surface area (Å²) in [5.74, 6) is 0.173. The predicted molar refractivity (Wildman–Crippen MR) is 129 cm³/mol. The Morgan fingerprint density at radius 3 is 2.19 bits per heavy atom. The van der Waals surface area contributed by atoms with Crippen molar-refractivity contribution in [3.63, 3.8) is 0 Å². The Kier molecular flexibility index (Phi) is 5.66. The van der Waals surface area contributed by atoms with Crippen LogP contribution in [0.2, 0.25) is 0 Å². The summed E-state index contributed by atoms with van der Waals surface area (Å²) >= 11 is 2.93. The molecule has 1 aromatic heterocycles. The topological polar surface area (TPSA) is 40.6 Å². The lowest BCUT2D eigenvalue weighted by Crippen LogP contribution is -2.31. The van der Waals surface area contributed by atoms with E-state index in [4.69, 9.17) is 0 Å². The summed E-state index contributed by atoms with van der Waals surface area (Å²) < 4.78 is 0. The van der Waals surface area contributed by atoms with Crippen molar-refractivity contribution in [3.8, 4) is 0 Å². The maximum atomic E-state index is 13.4. The minimum Gasteiger partial charge on any atom is -0.372 e. The second-order valence-electron chi connectivity index (χ2n) is 7.61. The molecule has 0 spiro atoms. The monoisotopic (exact) mass is 446 g/mol. The molecule has 0 bridgehead atoms. The van der Waals surface area contributed by atoms with Gasteiger partial charge < -0.3 is 4.90 Å². The summed E-state index contributed by atoms with van der Waals surface area (Å²) in [5.41, 5.74) is 3.41. The van der Waals surface area contributed by atoms with Crippen LogP contribution in [-0.4, -0.2) is 24.9 Å². The van der Waals surface area contributed by atoms with E-state index >= 15 is 0 Å². The van der Waals surface area contributed by atoms with Gasteiger partial charge in [0.25, 0.3) is 11.8 Å². The third kappa shape index (κ3) is 3.93. The molecule has 5 rings (SSSR count). The molecule has 2 aromatic carbocycles. The number of hydrogen-bond donors (Lipinski definition) is 0. The standard InChI is InChI=1S/C25H22N2O2S2/c28-24-22(21-9-6-16-30-21)23(31-17-18-7-2-1-3-8-18)25(29)27(24)20-12-10-19(11-13-20)26-14-4-5-15-26/h1-3,6-13,16H,4-5,14-15,17H2. The molecule has 2 aliphatic rings. The molecule has 1 fully saturated rings. The Morgan fingerprint density at radius 2 is 1.52 bits per heavy atom. The van der Waals surface area contributed by atoms with Gasteiger partial charge in [0.1, 0.15) is 0 Å². The van der Waals surface area contributed by atoms with Crippen LogP contribution in [-0.2, 0) is 15.3 Å². The normalized spacial score (nSPS) is 16.6. The van der Waals surface area contributed by atoms with Crippen molar-refractivity contribution >= 4 is 51.9 Å². The Labute approximate surface area is 190 Å². The van der Waals surface area contributed by atoms with E-state index in [0.717, 1.165) is 29.2 Å². The van der Waals surface area contributed by atoms with Gasteiger partial charge in [-0.1, -0.05) is 36.4 Å². The SMILES string of the molecule is O=C1C(SCc2ccccc2)=C(c2cccs2)C(=O)N1c1ccc(N2CCCC2)cc1. The maximum Gasteiger partial charge on any atom is 0.272 e. The molecule has 0 aliphatic carbocycles. The molecule has 6 heteroatoms. The van der Waals surface area contributed by atoms with Gasteiger partial charge in [-0.15, -0.1) is 23.1 Å². The van der Waals surface area contributed by atoms with Crippen molar-refractivity contribution in [1.82, 2.24) is 0 Å². The van der Waals surface area contributed by atoms with E-state index in [0.29, 0.717) is 21.9 Å². The Hall–Kier alpha value is -2.83. The highest BCUT2D eigenvalue weighted by Crippen LogP contribution is 2.41. The van der Waals surface area contributed by atoms with Gasteiger partial charge in [0, 0.05) is 29.4 Å². The molecule has 31 heavy (non-hydrogen) atoms. The summed E-state index contributed by atoms with van der Waals surface area (Å²) in [6.45, 7) is 2.12. The van der Waals surface area contributed by atoms with Gasteiger partial charge in [-0.25, -0.2) is 4.90 Å². The predicted octanol–water partition coefficient (Wildman–Crippen LogP) is 5.57. The van der Waals surface area contributed by atoms with Crippen LogP contribution in [0.25, 0.3) is 5.57 Å². The van der Waals surface area contributed by atoms with Crippen LogP contribution in [0.5, 0.6) is 0 Å². The summed E-state index contributed by atoms with van der Waals surface area (Å²) in [7, 11) is 0. The van der Waals surface area contributed by atoms with E-state index in [1.165, 1.54) is 40.8 Å². The minimum absolute atomic E-state index is 0.233. The number of imide groups is 1. The molecule has 156 valence electrons. The number of nitrogens with zero attached hydrogens (tertiary/aromatic N) is 2. The van der Waals surface area contributed by atoms with E-state index in [1.54, 1.807) is 0 Å². The van der Waals surface area contributed by atoms with Crippen molar-refractivity contribution in [2.75, 3.05) is 22.9 Å². The molecule has 0 radical (unpaired) electrons. The first-order valence-electron chi connectivity index (χ1n) is 10.4. The van der Waals surface area contributed by atoms with E-state index < -0.39 is 0 Å². The fraction of sp³-hybridized carbons (Fsp3) is 0.200. The summed E-state index contributed by atoms with van der Waals surface area (Å²) in [4.78, 5) is 31.8. The van der Waals surface area contributed by atoms with Gasteiger partial charge >= 0.3 is 0 Å². The average molecular weight is 447 g/mol. The molecule has 2 amide bonds. The molecule has 0 atom stereocenters. The lowest BCUT2D eigenvalue weighted by atomic mass is 10.2. The number of thioether (sulfide) groups is 1. The van der Waals surface area contributed by atoms with Gasteiger partial charge in [0.15, 0.2) is 0 Å². The highest BCUT2D eigenvalue weighted by Gasteiger charge is 2.40. The van der Waals surface area contributed by atoms with Gasteiger partial charge in [-0.2, -0.15) is 0 Å². The molecule has 3 heterocycles. The molecule has 2 aliphatic heterocycles. The van der Waals surface area contributed by atoms with E-state index in [2.05, 4.69) is 4.90 Å². The van der Waals surface area contributed by atoms with Crippen LogP contribution < -0.4 is 9.80 Å². The number of rotatable bonds is 6. The fourth-order valence-electron chi connectivity index (χ4n) is 4.03. The minimum atomic E-state index is -0.239. The first kappa shape index (κ1) is 20.1. The number of hydrogen-bond acceptors (Lipinski definition) is 5. The summed E-state index contributed by atoms with van der Waals surface area (Å²) in [6, 6.07) is 21.7. The van der Waals surface area contributed by atoms with E-state index in [-0.39, 0.29) is 11.8 Å².